The molecule has 1 aromatic carbocycles. The lowest BCUT2D eigenvalue weighted by atomic mass is 9.98. The summed E-state index contributed by atoms with van der Waals surface area (Å²) in [7, 11) is 0. The van der Waals surface area contributed by atoms with E-state index in [2.05, 4.69) is 13.0 Å². The number of carbonyl (C=O) groups is 1. The van der Waals surface area contributed by atoms with Crippen LogP contribution < -0.4 is 4.74 Å². The molecule has 0 spiro atoms. The topological polar surface area (TPSA) is 46.5 Å². The quantitative estimate of drug-likeness (QED) is 0.871. The number of fused-ring (bicyclic) bond motifs is 1. The molecule has 2 rings (SSSR count). The molecule has 1 aliphatic rings. The molecule has 3 heteroatoms. The molecule has 92 valence electrons. The van der Waals surface area contributed by atoms with Gasteiger partial charge in [-0.25, -0.2) is 0 Å². The average molecular weight is 234 g/mol. The van der Waals surface area contributed by atoms with E-state index in [1.54, 1.807) is 0 Å². The first-order chi connectivity index (χ1) is 8.15. The lowest BCUT2D eigenvalue weighted by molar-refractivity contribution is -0.137. The van der Waals surface area contributed by atoms with Gasteiger partial charge in [0, 0.05) is 6.42 Å². The first kappa shape index (κ1) is 12.0. The molecule has 1 atom stereocenters. The fourth-order valence-corrected chi connectivity index (χ4v) is 2.18. The van der Waals surface area contributed by atoms with Crippen LogP contribution in [-0.4, -0.2) is 17.2 Å². The van der Waals surface area contributed by atoms with E-state index >= 15 is 0 Å². The van der Waals surface area contributed by atoms with Crippen molar-refractivity contribution < 1.29 is 14.6 Å². The van der Waals surface area contributed by atoms with E-state index in [0.717, 1.165) is 25.0 Å². The van der Waals surface area contributed by atoms with Crippen LogP contribution in [0.1, 0.15) is 37.3 Å². The van der Waals surface area contributed by atoms with E-state index in [1.165, 1.54) is 11.1 Å². The predicted molar refractivity (Wildman–Crippen MR) is 65.4 cm³/mol. The molecule has 3 nitrogen and oxygen atoms in total. The van der Waals surface area contributed by atoms with Crippen molar-refractivity contribution in [1.82, 2.24) is 0 Å². The maximum atomic E-state index is 10.4. The number of rotatable bonds is 4. The molecule has 0 saturated carbocycles. The second-order valence-corrected chi connectivity index (χ2v) is 4.66. The number of carboxylic acids is 1. The van der Waals surface area contributed by atoms with Gasteiger partial charge in [-0.3, -0.25) is 4.79 Å². The largest absolute Gasteiger partial charge is 0.490 e. The molecular weight excluding hydrogens is 216 g/mol. The number of carboxylic acid groups (broad SMARTS) is 1. The van der Waals surface area contributed by atoms with Crippen LogP contribution in [0, 0.1) is 0 Å². The Balaban J connectivity index is 1.99. The van der Waals surface area contributed by atoms with Crippen LogP contribution >= 0.6 is 0 Å². The zero-order chi connectivity index (χ0) is 12.3. The highest BCUT2D eigenvalue weighted by molar-refractivity contribution is 5.66. The van der Waals surface area contributed by atoms with Crippen LogP contribution in [0.3, 0.4) is 0 Å². The molecule has 0 radical (unpaired) electrons. The minimum atomic E-state index is -0.722. The molecule has 0 aliphatic carbocycles. The van der Waals surface area contributed by atoms with Crippen molar-refractivity contribution in [3.63, 3.8) is 0 Å². The molecule has 1 unspecified atom stereocenters. The number of hydrogen-bond donors (Lipinski definition) is 1. The third-order valence-corrected chi connectivity index (χ3v) is 3.13. The van der Waals surface area contributed by atoms with Gasteiger partial charge in [0.05, 0.1) is 6.10 Å². The van der Waals surface area contributed by atoms with Crippen LogP contribution in [-0.2, 0) is 17.6 Å². The Kier molecular flexibility index (Phi) is 3.67. The Labute approximate surface area is 101 Å². The van der Waals surface area contributed by atoms with Crippen molar-refractivity contribution in [2.24, 2.45) is 0 Å². The van der Waals surface area contributed by atoms with Gasteiger partial charge in [-0.15, -0.1) is 0 Å². The van der Waals surface area contributed by atoms with Gasteiger partial charge in [-0.05, 0) is 49.8 Å². The summed E-state index contributed by atoms with van der Waals surface area (Å²) in [5, 5.41) is 8.59. The molecule has 0 fully saturated rings. The lowest BCUT2D eigenvalue weighted by Gasteiger charge is -2.23. The summed E-state index contributed by atoms with van der Waals surface area (Å²) in [6, 6.07) is 6.21. The highest BCUT2D eigenvalue weighted by Crippen LogP contribution is 2.28. The lowest BCUT2D eigenvalue weighted by Crippen LogP contribution is -2.18. The van der Waals surface area contributed by atoms with Gasteiger partial charge in [0.25, 0.3) is 0 Å². The van der Waals surface area contributed by atoms with Crippen molar-refractivity contribution in [3.8, 4) is 5.75 Å². The van der Waals surface area contributed by atoms with Crippen molar-refractivity contribution in [2.75, 3.05) is 0 Å². The van der Waals surface area contributed by atoms with E-state index in [4.69, 9.17) is 9.84 Å². The average Bonchev–Trinajstić information content (AvgIpc) is 2.29. The fraction of sp³-hybridized carbons (Fsp3) is 0.500. The third-order valence-electron chi connectivity index (χ3n) is 3.13. The zero-order valence-corrected chi connectivity index (χ0v) is 10.1. The Morgan fingerprint density at radius 2 is 2.35 bits per heavy atom. The van der Waals surface area contributed by atoms with Gasteiger partial charge in [-0.1, -0.05) is 12.1 Å². The number of benzene rings is 1. The summed E-state index contributed by atoms with van der Waals surface area (Å²) in [5.41, 5.74) is 2.47. The monoisotopic (exact) mass is 234 g/mol. The highest BCUT2D eigenvalue weighted by Gasteiger charge is 2.15. The standard InChI is InChI=1S/C14H18O3/c1-10-5-7-12-9-11(3-2-4-14(15)16)6-8-13(12)17-10/h6,8-10H,2-5,7H2,1H3,(H,15,16). The molecule has 1 aromatic rings. The Bertz CT molecular complexity index is 412. The minimum Gasteiger partial charge on any atom is -0.490 e. The predicted octanol–water partition coefficient (Wildman–Crippen LogP) is 2.81. The molecule has 0 bridgehead atoms. The first-order valence-corrected chi connectivity index (χ1v) is 6.15. The number of ether oxygens (including phenoxy) is 1. The van der Waals surface area contributed by atoms with Crippen molar-refractivity contribution in [2.45, 2.75) is 45.1 Å². The van der Waals surface area contributed by atoms with Crippen molar-refractivity contribution in [3.05, 3.63) is 29.3 Å². The molecular formula is C14H18O3. The maximum Gasteiger partial charge on any atom is 0.303 e. The minimum absolute atomic E-state index is 0.241. The number of aryl methyl sites for hydroxylation is 2. The van der Waals surface area contributed by atoms with Crippen LogP contribution in [0.2, 0.25) is 0 Å². The van der Waals surface area contributed by atoms with Crippen LogP contribution in [0.4, 0.5) is 0 Å². The summed E-state index contributed by atoms with van der Waals surface area (Å²) in [6.45, 7) is 2.09. The molecule has 17 heavy (non-hydrogen) atoms. The molecule has 1 N–H and O–H groups in total. The van der Waals surface area contributed by atoms with Crippen LogP contribution in [0.15, 0.2) is 18.2 Å². The van der Waals surface area contributed by atoms with Crippen LogP contribution in [0.25, 0.3) is 0 Å². The molecule has 1 aliphatic heterocycles. The summed E-state index contributed by atoms with van der Waals surface area (Å²) in [6.07, 6.45) is 4.19. The highest BCUT2D eigenvalue weighted by atomic mass is 16.5. The molecule has 0 saturated heterocycles. The summed E-state index contributed by atoms with van der Waals surface area (Å²) < 4.78 is 5.74. The van der Waals surface area contributed by atoms with Gasteiger partial charge in [0.1, 0.15) is 5.75 Å². The number of hydrogen-bond acceptors (Lipinski definition) is 2. The first-order valence-electron chi connectivity index (χ1n) is 6.15. The fourth-order valence-electron chi connectivity index (χ4n) is 2.18. The van der Waals surface area contributed by atoms with E-state index in [0.29, 0.717) is 12.5 Å². The Hall–Kier alpha value is -1.51. The summed E-state index contributed by atoms with van der Waals surface area (Å²) >= 11 is 0. The van der Waals surface area contributed by atoms with E-state index in [9.17, 15) is 4.79 Å². The van der Waals surface area contributed by atoms with E-state index < -0.39 is 5.97 Å². The van der Waals surface area contributed by atoms with Crippen molar-refractivity contribution in [1.29, 1.82) is 0 Å². The second kappa shape index (κ2) is 5.21. The Morgan fingerprint density at radius 3 is 3.12 bits per heavy atom. The number of aliphatic carboxylic acids is 1. The van der Waals surface area contributed by atoms with Gasteiger partial charge in [0.15, 0.2) is 0 Å². The van der Waals surface area contributed by atoms with Gasteiger partial charge in [-0.2, -0.15) is 0 Å². The third kappa shape index (κ3) is 3.22. The van der Waals surface area contributed by atoms with Gasteiger partial charge < -0.3 is 9.84 Å². The molecule has 1 heterocycles. The van der Waals surface area contributed by atoms with E-state index in [-0.39, 0.29) is 6.42 Å². The van der Waals surface area contributed by atoms with Crippen LogP contribution in [0.5, 0.6) is 5.75 Å². The smallest absolute Gasteiger partial charge is 0.303 e. The van der Waals surface area contributed by atoms with Gasteiger partial charge in [0.2, 0.25) is 0 Å². The Morgan fingerprint density at radius 1 is 1.53 bits per heavy atom. The molecule has 0 aromatic heterocycles. The molecule has 0 amide bonds. The normalized spacial score (nSPS) is 18.3. The maximum absolute atomic E-state index is 10.4. The van der Waals surface area contributed by atoms with Crippen molar-refractivity contribution >= 4 is 5.97 Å². The van der Waals surface area contributed by atoms with Gasteiger partial charge >= 0.3 is 5.97 Å². The van der Waals surface area contributed by atoms with E-state index in [1.807, 2.05) is 12.1 Å². The SMILES string of the molecule is CC1CCc2cc(CCCC(=O)O)ccc2O1. The summed E-state index contributed by atoms with van der Waals surface area (Å²) in [5.74, 6) is 0.269. The second-order valence-electron chi connectivity index (χ2n) is 4.66. The summed E-state index contributed by atoms with van der Waals surface area (Å²) in [4.78, 5) is 10.4. The zero-order valence-electron chi connectivity index (χ0n) is 10.1.